The molecule has 1 N–H and O–H groups in total. The van der Waals surface area contributed by atoms with Gasteiger partial charge in [-0.15, -0.1) is 0 Å². The molecule has 2 nitrogen and oxygen atoms in total. The third-order valence-corrected chi connectivity index (χ3v) is 4.02. The topological polar surface area (TPSA) is 15.3 Å². The van der Waals surface area contributed by atoms with Gasteiger partial charge in [-0.05, 0) is 31.7 Å². The molecule has 1 heterocycles. The van der Waals surface area contributed by atoms with Gasteiger partial charge in [0.1, 0.15) is 0 Å². The molecule has 2 aliphatic rings. The van der Waals surface area contributed by atoms with Crippen LogP contribution in [0.25, 0.3) is 0 Å². The van der Waals surface area contributed by atoms with Gasteiger partial charge in [0.05, 0.1) is 0 Å². The fourth-order valence-electron chi connectivity index (χ4n) is 3.40. The highest BCUT2D eigenvalue weighted by atomic mass is 15.2. The quantitative estimate of drug-likeness (QED) is 0.768. The molecular formula is C13H26N2. The summed E-state index contributed by atoms with van der Waals surface area (Å²) in [7, 11) is 0. The van der Waals surface area contributed by atoms with E-state index in [2.05, 4.69) is 24.1 Å². The molecule has 1 aliphatic heterocycles. The monoisotopic (exact) mass is 210 g/mol. The molecule has 2 unspecified atom stereocenters. The van der Waals surface area contributed by atoms with Crippen molar-refractivity contribution in [2.24, 2.45) is 5.92 Å². The SMILES string of the molecule is CCNC1CC(C)CN(C2CCCC2)C1. The van der Waals surface area contributed by atoms with Crippen molar-refractivity contribution >= 4 is 0 Å². The predicted molar refractivity (Wildman–Crippen MR) is 65.1 cm³/mol. The van der Waals surface area contributed by atoms with Gasteiger partial charge in [0.2, 0.25) is 0 Å². The number of nitrogens with zero attached hydrogens (tertiary/aromatic N) is 1. The Bertz CT molecular complexity index is 187. The summed E-state index contributed by atoms with van der Waals surface area (Å²) in [6.45, 7) is 8.38. The van der Waals surface area contributed by atoms with Crippen molar-refractivity contribution < 1.29 is 0 Å². The highest BCUT2D eigenvalue weighted by molar-refractivity contribution is 4.87. The van der Waals surface area contributed by atoms with Gasteiger partial charge < -0.3 is 5.32 Å². The Morgan fingerprint density at radius 3 is 2.60 bits per heavy atom. The Labute approximate surface area is 94.4 Å². The van der Waals surface area contributed by atoms with Crippen LogP contribution in [0, 0.1) is 5.92 Å². The minimum absolute atomic E-state index is 0.749. The summed E-state index contributed by atoms with van der Waals surface area (Å²) in [5.74, 6) is 0.878. The van der Waals surface area contributed by atoms with Gasteiger partial charge in [-0.1, -0.05) is 26.7 Å². The van der Waals surface area contributed by atoms with Crippen LogP contribution in [-0.2, 0) is 0 Å². The Hall–Kier alpha value is -0.0800. The van der Waals surface area contributed by atoms with Crippen molar-refractivity contribution in [2.45, 2.75) is 58.0 Å². The molecular weight excluding hydrogens is 184 g/mol. The van der Waals surface area contributed by atoms with Crippen LogP contribution in [0.1, 0.15) is 46.0 Å². The molecule has 0 bridgehead atoms. The highest BCUT2D eigenvalue weighted by Crippen LogP contribution is 2.27. The number of hydrogen-bond acceptors (Lipinski definition) is 2. The summed E-state index contributed by atoms with van der Waals surface area (Å²) in [6.07, 6.45) is 7.19. The molecule has 1 saturated heterocycles. The summed E-state index contributed by atoms with van der Waals surface area (Å²) in [5, 5.41) is 3.63. The van der Waals surface area contributed by atoms with Crippen molar-refractivity contribution in [3.05, 3.63) is 0 Å². The van der Waals surface area contributed by atoms with E-state index < -0.39 is 0 Å². The summed E-state index contributed by atoms with van der Waals surface area (Å²) in [5.41, 5.74) is 0. The third kappa shape index (κ3) is 2.94. The first-order valence-electron chi connectivity index (χ1n) is 6.77. The zero-order chi connectivity index (χ0) is 10.7. The first kappa shape index (κ1) is 11.4. The van der Waals surface area contributed by atoms with Crippen LogP contribution in [0.4, 0.5) is 0 Å². The van der Waals surface area contributed by atoms with Gasteiger partial charge in [0.15, 0.2) is 0 Å². The molecule has 15 heavy (non-hydrogen) atoms. The minimum atomic E-state index is 0.749. The lowest BCUT2D eigenvalue weighted by Crippen LogP contribution is -2.51. The maximum absolute atomic E-state index is 3.63. The first-order chi connectivity index (χ1) is 7.29. The van der Waals surface area contributed by atoms with Crippen LogP contribution < -0.4 is 5.32 Å². The smallest absolute Gasteiger partial charge is 0.0198 e. The van der Waals surface area contributed by atoms with E-state index in [0.29, 0.717) is 0 Å². The first-order valence-corrected chi connectivity index (χ1v) is 6.77. The summed E-state index contributed by atoms with van der Waals surface area (Å²) in [4.78, 5) is 2.76. The Morgan fingerprint density at radius 1 is 1.20 bits per heavy atom. The fourth-order valence-corrected chi connectivity index (χ4v) is 3.40. The molecule has 2 fully saturated rings. The van der Waals surface area contributed by atoms with Crippen LogP contribution in [0.3, 0.4) is 0 Å². The summed E-state index contributed by atoms with van der Waals surface area (Å²) in [6, 6.07) is 1.66. The lowest BCUT2D eigenvalue weighted by Gasteiger charge is -2.40. The maximum Gasteiger partial charge on any atom is 0.0198 e. The van der Waals surface area contributed by atoms with E-state index in [-0.39, 0.29) is 0 Å². The highest BCUT2D eigenvalue weighted by Gasteiger charge is 2.30. The largest absolute Gasteiger partial charge is 0.313 e. The fraction of sp³-hybridized carbons (Fsp3) is 1.00. The molecule has 0 aromatic rings. The number of likely N-dealkylation sites (N-methyl/N-ethyl adjacent to an activating group) is 1. The zero-order valence-electron chi connectivity index (χ0n) is 10.3. The van der Waals surface area contributed by atoms with Gasteiger partial charge >= 0.3 is 0 Å². The molecule has 0 radical (unpaired) electrons. The molecule has 1 saturated carbocycles. The Kier molecular flexibility index (Phi) is 4.04. The summed E-state index contributed by atoms with van der Waals surface area (Å²) < 4.78 is 0. The number of rotatable bonds is 3. The minimum Gasteiger partial charge on any atom is -0.313 e. The molecule has 0 aromatic heterocycles. The van der Waals surface area contributed by atoms with E-state index in [1.54, 1.807) is 0 Å². The van der Waals surface area contributed by atoms with Crippen molar-refractivity contribution in [1.29, 1.82) is 0 Å². The molecule has 2 heteroatoms. The molecule has 2 atom stereocenters. The third-order valence-electron chi connectivity index (χ3n) is 4.02. The van der Waals surface area contributed by atoms with Gasteiger partial charge in [-0.3, -0.25) is 4.90 Å². The lowest BCUT2D eigenvalue weighted by molar-refractivity contribution is 0.106. The van der Waals surface area contributed by atoms with Gasteiger partial charge in [0.25, 0.3) is 0 Å². The van der Waals surface area contributed by atoms with E-state index in [1.165, 1.54) is 45.2 Å². The second-order valence-electron chi connectivity index (χ2n) is 5.49. The number of likely N-dealkylation sites (tertiary alicyclic amines) is 1. The maximum atomic E-state index is 3.63. The van der Waals surface area contributed by atoms with Crippen LogP contribution in [0.15, 0.2) is 0 Å². The Morgan fingerprint density at radius 2 is 1.93 bits per heavy atom. The van der Waals surface area contributed by atoms with E-state index in [4.69, 9.17) is 0 Å². The molecule has 0 amide bonds. The van der Waals surface area contributed by atoms with Crippen LogP contribution in [0.2, 0.25) is 0 Å². The van der Waals surface area contributed by atoms with Crippen molar-refractivity contribution in [1.82, 2.24) is 10.2 Å². The second kappa shape index (κ2) is 5.31. The van der Waals surface area contributed by atoms with E-state index in [0.717, 1.165) is 24.5 Å². The molecule has 88 valence electrons. The Balaban J connectivity index is 1.87. The lowest BCUT2D eigenvalue weighted by atomic mass is 9.94. The predicted octanol–water partition coefficient (Wildman–Crippen LogP) is 2.25. The van der Waals surface area contributed by atoms with Gasteiger partial charge in [-0.2, -0.15) is 0 Å². The van der Waals surface area contributed by atoms with Gasteiger partial charge in [-0.25, -0.2) is 0 Å². The molecule has 1 aliphatic carbocycles. The zero-order valence-corrected chi connectivity index (χ0v) is 10.3. The van der Waals surface area contributed by atoms with E-state index >= 15 is 0 Å². The van der Waals surface area contributed by atoms with Crippen LogP contribution >= 0.6 is 0 Å². The average Bonchev–Trinajstić information content (AvgIpc) is 2.70. The van der Waals surface area contributed by atoms with Gasteiger partial charge in [0, 0.05) is 25.2 Å². The molecule has 0 spiro atoms. The van der Waals surface area contributed by atoms with Crippen molar-refractivity contribution in [3.63, 3.8) is 0 Å². The molecule has 2 rings (SSSR count). The van der Waals surface area contributed by atoms with E-state index in [9.17, 15) is 0 Å². The normalized spacial score (nSPS) is 34.8. The second-order valence-corrected chi connectivity index (χ2v) is 5.49. The number of hydrogen-bond donors (Lipinski definition) is 1. The molecule has 0 aromatic carbocycles. The van der Waals surface area contributed by atoms with Crippen molar-refractivity contribution in [3.8, 4) is 0 Å². The van der Waals surface area contributed by atoms with Crippen LogP contribution in [-0.4, -0.2) is 36.6 Å². The van der Waals surface area contributed by atoms with E-state index in [1.807, 2.05) is 0 Å². The van der Waals surface area contributed by atoms with Crippen molar-refractivity contribution in [2.75, 3.05) is 19.6 Å². The summed E-state index contributed by atoms with van der Waals surface area (Å²) >= 11 is 0. The van der Waals surface area contributed by atoms with Crippen LogP contribution in [0.5, 0.6) is 0 Å². The standard InChI is InChI=1S/C13H26N2/c1-3-14-12-8-11(2)9-15(10-12)13-6-4-5-7-13/h11-14H,3-10H2,1-2H3. The number of nitrogens with one attached hydrogen (secondary N) is 1. The average molecular weight is 210 g/mol. The number of piperidine rings is 1.